The van der Waals surface area contributed by atoms with Crippen molar-refractivity contribution in [2.75, 3.05) is 6.61 Å². The Morgan fingerprint density at radius 3 is 2.50 bits per heavy atom. The average Bonchev–Trinajstić information content (AvgIpc) is 2.75. The second kappa shape index (κ2) is 7.57. The maximum Gasteiger partial charge on any atom is 0.249 e. The minimum Gasteiger partial charge on any atom is -0.368 e. The molecule has 1 aliphatic carbocycles. The molecule has 1 fully saturated rings. The van der Waals surface area contributed by atoms with Crippen LogP contribution >= 0.6 is 0 Å². The molecule has 0 aromatic carbocycles. The van der Waals surface area contributed by atoms with E-state index in [4.69, 9.17) is 4.74 Å². The second-order valence-corrected chi connectivity index (χ2v) is 5.80. The van der Waals surface area contributed by atoms with E-state index in [0.717, 1.165) is 5.57 Å². The monoisotopic (exact) mass is 253 g/mol. The highest BCUT2D eigenvalue weighted by Crippen LogP contribution is 2.25. The van der Waals surface area contributed by atoms with Gasteiger partial charge in [0.25, 0.3) is 0 Å². The van der Waals surface area contributed by atoms with Gasteiger partial charge in [-0.25, -0.2) is 0 Å². The molecule has 0 spiro atoms. The number of carbonyl (C=O) groups is 1. The van der Waals surface area contributed by atoms with E-state index in [0.29, 0.717) is 18.9 Å². The highest BCUT2D eigenvalue weighted by molar-refractivity contribution is 5.81. The van der Waals surface area contributed by atoms with E-state index in [1.807, 2.05) is 20.8 Å². The van der Waals surface area contributed by atoms with E-state index < -0.39 is 0 Å². The van der Waals surface area contributed by atoms with E-state index in [-0.39, 0.29) is 18.1 Å². The molecule has 3 heteroatoms. The zero-order valence-electron chi connectivity index (χ0n) is 12.0. The molecule has 0 bridgehead atoms. The van der Waals surface area contributed by atoms with Crippen LogP contribution in [-0.2, 0) is 9.53 Å². The van der Waals surface area contributed by atoms with Crippen LogP contribution in [0.3, 0.4) is 0 Å². The fourth-order valence-electron chi connectivity index (χ4n) is 2.35. The molecule has 1 rings (SSSR count). The van der Waals surface area contributed by atoms with Crippen LogP contribution in [0.25, 0.3) is 0 Å². The molecule has 1 saturated carbocycles. The summed E-state index contributed by atoms with van der Waals surface area (Å²) in [6.45, 7) is 10.5. The molecule has 18 heavy (non-hydrogen) atoms. The first-order chi connectivity index (χ1) is 8.49. The standard InChI is InChI=1S/C15H27NO2/c1-11(2)9-14(15(17)16-12(3)4)18-10-13-7-5-6-8-13/h12-14H,1,5-10H2,2-4H3,(H,16,17). The highest BCUT2D eigenvalue weighted by atomic mass is 16.5. The van der Waals surface area contributed by atoms with E-state index in [2.05, 4.69) is 11.9 Å². The number of hydrogen-bond donors (Lipinski definition) is 1. The van der Waals surface area contributed by atoms with Gasteiger partial charge < -0.3 is 10.1 Å². The third kappa shape index (κ3) is 5.67. The van der Waals surface area contributed by atoms with Crippen LogP contribution in [0.2, 0.25) is 0 Å². The molecular weight excluding hydrogens is 226 g/mol. The summed E-state index contributed by atoms with van der Waals surface area (Å²) in [5, 5.41) is 2.92. The Kier molecular flexibility index (Phi) is 6.41. The van der Waals surface area contributed by atoms with E-state index in [1.54, 1.807) is 0 Å². The number of rotatable bonds is 7. The van der Waals surface area contributed by atoms with Crippen LogP contribution in [0.4, 0.5) is 0 Å². The van der Waals surface area contributed by atoms with Crippen LogP contribution in [0.1, 0.15) is 52.9 Å². The molecular formula is C15H27NO2. The van der Waals surface area contributed by atoms with Gasteiger partial charge in [0.2, 0.25) is 5.91 Å². The summed E-state index contributed by atoms with van der Waals surface area (Å²) >= 11 is 0. The zero-order chi connectivity index (χ0) is 13.5. The van der Waals surface area contributed by atoms with Crippen LogP contribution in [0.5, 0.6) is 0 Å². The summed E-state index contributed by atoms with van der Waals surface area (Å²) in [4.78, 5) is 12.0. The molecule has 0 aliphatic heterocycles. The quantitative estimate of drug-likeness (QED) is 0.708. The van der Waals surface area contributed by atoms with Gasteiger partial charge in [0.15, 0.2) is 0 Å². The van der Waals surface area contributed by atoms with Crippen molar-refractivity contribution in [2.45, 2.75) is 65.0 Å². The molecule has 0 aromatic heterocycles. The van der Waals surface area contributed by atoms with Crippen LogP contribution in [0.15, 0.2) is 12.2 Å². The van der Waals surface area contributed by atoms with Crippen molar-refractivity contribution in [3.05, 3.63) is 12.2 Å². The van der Waals surface area contributed by atoms with Gasteiger partial charge in [-0.3, -0.25) is 4.79 Å². The normalized spacial score (nSPS) is 18.0. The summed E-state index contributed by atoms with van der Waals surface area (Å²) in [5.74, 6) is 0.635. The summed E-state index contributed by atoms with van der Waals surface area (Å²) in [6.07, 6.45) is 5.34. The van der Waals surface area contributed by atoms with Crippen LogP contribution in [0, 0.1) is 5.92 Å². The molecule has 1 atom stereocenters. The first kappa shape index (κ1) is 15.2. The lowest BCUT2D eigenvalue weighted by molar-refractivity contribution is -0.134. The smallest absolute Gasteiger partial charge is 0.249 e. The number of carbonyl (C=O) groups excluding carboxylic acids is 1. The van der Waals surface area contributed by atoms with Crippen LogP contribution < -0.4 is 5.32 Å². The molecule has 104 valence electrons. The summed E-state index contributed by atoms with van der Waals surface area (Å²) in [5.41, 5.74) is 0.991. The molecule has 0 heterocycles. The van der Waals surface area contributed by atoms with Crippen molar-refractivity contribution in [3.8, 4) is 0 Å². The van der Waals surface area contributed by atoms with Crippen molar-refractivity contribution >= 4 is 5.91 Å². The van der Waals surface area contributed by atoms with Gasteiger partial charge in [0.05, 0.1) is 6.61 Å². The SMILES string of the molecule is C=C(C)CC(OCC1CCCC1)C(=O)NC(C)C. The van der Waals surface area contributed by atoms with Crippen molar-refractivity contribution in [3.63, 3.8) is 0 Å². The van der Waals surface area contributed by atoms with Gasteiger partial charge in [-0.2, -0.15) is 0 Å². The Balaban J connectivity index is 2.43. The van der Waals surface area contributed by atoms with E-state index in [1.165, 1.54) is 25.7 Å². The van der Waals surface area contributed by atoms with Crippen molar-refractivity contribution in [2.24, 2.45) is 5.92 Å². The average molecular weight is 253 g/mol. The molecule has 1 unspecified atom stereocenters. The summed E-state index contributed by atoms with van der Waals surface area (Å²) in [6, 6.07) is 0.153. The topological polar surface area (TPSA) is 38.3 Å². The number of nitrogens with one attached hydrogen (secondary N) is 1. The minimum absolute atomic E-state index is 0.00834. The van der Waals surface area contributed by atoms with Crippen molar-refractivity contribution in [1.29, 1.82) is 0 Å². The fourth-order valence-corrected chi connectivity index (χ4v) is 2.35. The zero-order valence-corrected chi connectivity index (χ0v) is 12.0. The highest BCUT2D eigenvalue weighted by Gasteiger charge is 2.23. The summed E-state index contributed by atoms with van der Waals surface area (Å²) < 4.78 is 5.83. The Bertz CT molecular complexity index is 280. The number of ether oxygens (including phenoxy) is 1. The van der Waals surface area contributed by atoms with E-state index >= 15 is 0 Å². The maximum absolute atomic E-state index is 12.0. The second-order valence-electron chi connectivity index (χ2n) is 5.80. The first-order valence-electron chi connectivity index (χ1n) is 7.05. The molecule has 1 aliphatic rings. The predicted molar refractivity (Wildman–Crippen MR) is 74.4 cm³/mol. The molecule has 0 radical (unpaired) electrons. The van der Waals surface area contributed by atoms with Gasteiger partial charge in [-0.05, 0) is 39.5 Å². The van der Waals surface area contributed by atoms with Gasteiger partial charge in [0.1, 0.15) is 6.10 Å². The fraction of sp³-hybridized carbons (Fsp3) is 0.800. The minimum atomic E-state index is -0.370. The van der Waals surface area contributed by atoms with Gasteiger partial charge in [0, 0.05) is 12.5 Å². The molecule has 0 aromatic rings. The lowest BCUT2D eigenvalue weighted by Crippen LogP contribution is -2.40. The summed E-state index contributed by atoms with van der Waals surface area (Å²) in [7, 11) is 0. The Morgan fingerprint density at radius 1 is 1.39 bits per heavy atom. The Hall–Kier alpha value is -0.830. The molecule has 3 nitrogen and oxygen atoms in total. The largest absolute Gasteiger partial charge is 0.368 e. The third-order valence-corrected chi connectivity index (χ3v) is 3.27. The molecule has 1 N–H and O–H groups in total. The van der Waals surface area contributed by atoms with Crippen molar-refractivity contribution < 1.29 is 9.53 Å². The number of hydrogen-bond acceptors (Lipinski definition) is 2. The predicted octanol–water partition coefficient (Wildman–Crippen LogP) is 3.05. The Labute approximate surface area is 111 Å². The third-order valence-electron chi connectivity index (χ3n) is 3.27. The maximum atomic E-state index is 12.0. The molecule has 0 saturated heterocycles. The Morgan fingerprint density at radius 2 is 2.00 bits per heavy atom. The number of amides is 1. The first-order valence-corrected chi connectivity index (χ1v) is 7.05. The van der Waals surface area contributed by atoms with Gasteiger partial charge >= 0.3 is 0 Å². The lowest BCUT2D eigenvalue weighted by Gasteiger charge is -2.21. The van der Waals surface area contributed by atoms with Gasteiger partial charge in [-0.1, -0.05) is 18.4 Å². The molecule has 1 amide bonds. The van der Waals surface area contributed by atoms with Gasteiger partial charge in [-0.15, -0.1) is 6.58 Å². The van der Waals surface area contributed by atoms with Crippen LogP contribution in [-0.4, -0.2) is 24.7 Å². The lowest BCUT2D eigenvalue weighted by atomic mass is 10.1. The van der Waals surface area contributed by atoms with E-state index in [9.17, 15) is 4.79 Å². The van der Waals surface area contributed by atoms with Crippen molar-refractivity contribution in [1.82, 2.24) is 5.32 Å².